The number of nitro groups is 1. The summed E-state index contributed by atoms with van der Waals surface area (Å²) in [7, 11) is 0. The summed E-state index contributed by atoms with van der Waals surface area (Å²) in [4.78, 5) is 9.99. The lowest BCUT2D eigenvalue weighted by Crippen LogP contribution is -2.53. The van der Waals surface area contributed by atoms with E-state index in [0.717, 1.165) is 39.7 Å². The number of aryl methyl sites for hydroxylation is 1. The fourth-order valence-electron chi connectivity index (χ4n) is 4.61. The summed E-state index contributed by atoms with van der Waals surface area (Å²) in [5.41, 5.74) is 5.82. The van der Waals surface area contributed by atoms with Crippen LogP contribution in [0, 0.1) is 10.1 Å². The Labute approximate surface area is 230 Å². The summed E-state index contributed by atoms with van der Waals surface area (Å²) >= 11 is 1.55. The number of hydrazone groups is 2. The number of hydrogen-bond donors (Lipinski definition) is 0. The molecule has 1 spiro atoms. The normalized spacial score (nSPS) is 18.3. The number of nitro benzene ring substituents is 1. The van der Waals surface area contributed by atoms with Gasteiger partial charge in [-0.3, -0.25) is 10.1 Å². The number of para-hydroxylation sites is 2. The molecule has 192 valence electrons. The van der Waals surface area contributed by atoms with Gasteiger partial charge in [-0.2, -0.15) is 10.2 Å². The molecule has 0 radical (unpaired) electrons. The van der Waals surface area contributed by atoms with Crippen LogP contribution < -0.4 is 10.0 Å². The van der Waals surface area contributed by atoms with Crippen molar-refractivity contribution in [2.24, 2.45) is 10.2 Å². The Kier molecular flexibility index (Phi) is 6.46. The van der Waals surface area contributed by atoms with Gasteiger partial charge in [0, 0.05) is 23.3 Å². The first-order chi connectivity index (χ1) is 19.1. The molecule has 1 atom stereocenters. The largest absolute Gasteiger partial charge is 0.269 e. The summed E-state index contributed by atoms with van der Waals surface area (Å²) in [5, 5.41) is 26.2. The van der Waals surface area contributed by atoms with Crippen LogP contribution in [0.25, 0.3) is 0 Å². The van der Waals surface area contributed by atoms with E-state index < -0.39 is 9.92 Å². The van der Waals surface area contributed by atoms with Crippen LogP contribution in [0.15, 0.2) is 132 Å². The Bertz CT molecular complexity index is 1590. The van der Waals surface area contributed by atoms with Gasteiger partial charge >= 0.3 is 0 Å². The van der Waals surface area contributed by atoms with Gasteiger partial charge in [0.15, 0.2) is 0 Å². The number of allylic oxidation sites excluding steroid dienone is 1. The second-order valence-electron chi connectivity index (χ2n) is 9.13. The highest BCUT2D eigenvalue weighted by Gasteiger charge is 2.50. The number of anilines is 2. The standard InChI is InChI=1S/C31H25N5O2S/c1-2-23-13-15-24(16-14-23)29-21-22-31(34(32-29)26-9-5-3-6-10-26)35(27-11-7-4-8-12-27)33-30(39-31)25-17-19-28(20-18-25)36(37)38/h3-22H,2H2,1H3/t31-/m0/s1. The third-order valence-corrected chi connectivity index (χ3v) is 7.99. The molecule has 7 nitrogen and oxygen atoms in total. The van der Waals surface area contributed by atoms with E-state index in [4.69, 9.17) is 10.2 Å². The van der Waals surface area contributed by atoms with Crippen molar-refractivity contribution in [1.82, 2.24) is 0 Å². The zero-order valence-electron chi connectivity index (χ0n) is 21.2. The van der Waals surface area contributed by atoms with Gasteiger partial charge in [0.05, 0.1) is 22.0 Å². The predicted octanol–water partition coefficient (Wildman–Crippen LogP) is 7.21. The van der Waals surface area contributed by atoms with Crippen LogP contribution in [0.2, 0.25) is 0 Å². The lowest BCUT2D eigenvalue weighted by atomic mass is 10.0. The minimum Gasteiger partial charge on any atom is -0.258 e. The van der Waals surface area contributed by atoms with Gasteiger partial charge in [-0.05, 0) is 72.3 Å². The average Bonchev–Trinajstić information content (AvgIpc) is 3.38. The molecule has 2 aliphatic heterocycles. The summed E-state index contributed by atoms with van der Waals surface area (Å²) in [6, 6.07) is 35.0. The molecule has 4 aromatic rings. The van der Waals surface area contributed by atoms with E-state index in [2.05, 4.69) is 43.3 Å². The van der Waals surface area contributed by atoms with E-state index in [-0.39, 0.29) is 5.69 Å². The van der Waals surface area contributed by atoms with Crippen molar-refractivity contribution in [3.8, 4) is 0 Å². The summed E-state index contributed by atoms with van der Waals surface area (Å²) in [6.45, 7) is 2.14. The smallest absolute Gasteiger partial charge is 0.258 e. The van der Waals surface area contributed by atoms with Crippen LogP contribution in [0.3, 0.4) is 0 Å². The summed E-state index contributed by atoms with van der Waals surface area (Å²) in [5.74, 6) is 0. The molecular formula is C31H25N5O2S. The monoisotopic (exact) mass is 531 g/mol. The van der Waals surface area contributed by atoms with E-state index in [1.807, 2.05) is 70.7 Å². The third kappa shape index (κ3) is 4.59. The number of nitrogens with zero attached hydrogens (tertiary/aromatic N) is 5. The lowest BCUT2D eigenvalue weighted by molar-refractivity contribution is -0.384. The van der Waals surface area contributed by atoms with Crippen LogP contribution in [-0.2, 0) is 6.42 Å². The number of hydrogen-bond acceptors (Lipinski definition) is 7. The molecule has 2 heterocycles. The topological polar surface area (TPSA) is 74.3 Å². The Morgan fingerprint density at radius 3 is 1.90 bits per heavy atom. The molecule has 0 aromatic heterocycles. The Hall–Kier alpha value is -4.69. The van der Waals surface area contributed by atoms with E-state index >= 15 is 0 Å². The molecule has 4 aromatic carbocycles. The van der Waals surface area contributed by atoms with Crippen molar-refractivity contribution in [2.75, 3.05) is 10.0 Å². The molecule has 39 heavy (non-hydrogen) atoms. The van der Waals surface area contributed by atoms with Gasteiger partial charge in [-0.25, -0.2) is 10.0 Å². The molecule has 8 heteroatoms. The van der Waals surface area contributed by atoms with E-state index in [0.29, 0.717) is 0 Å². The molecule has 0 saturated heterocycles. The first kappa shape index (κ1) is 24.6. The highest BCUT2D eigenvalue weighted by molar-refractivity contribution is 8.16. The molecule has 0 aliphatic carbocycles. The fourth-order valence-corrected chi connectivity index (χ4v) is 5.87. The van der Waals surface area contributed by atoms with E-state index in [9.17, 15) is 10.1 Å². The van der Waals surface area contributed by atoms with Gasteiger partial charge in [0.2, 0.25) is 4.99 Å². The number of benzene rings is 4. The Balaban J connectivity index is 1.48. The van der Waals surface area contributed by atoms with E-state index in [1.54, 1.807) is 23.9 Å². The maximum absolute atomic E-state index is 11.2. The summed E-state index contributed by atoms with van der Waals surface area (Å²) in [6.07, 6.45) is 5.17. The number of non-ortho nitro benzene ring substituents is 1. The van der Waals surface area contributed by atoms with Gasteiger partial charge in [-0.1, -0.05) is 67.6 Å². The molecule has 6 rings (SSSR count). The van der Waals surface area contributed by atoms with Crippen LogP contribution in [0.4, 0.5) is 17.1 Å². The number of rotatable bonds is 6. The SMILES string of the molecule is CCc1ccc(C2=NN(c3ccccc3)[C@]3(C=C2)SC(c2ccc([N+](=O)[O-])cc2)=NN3c2ccccc2)cc1. The average molecular weight is 532 g/mol. The van der Waals surface area contributed by atoms with Crippen molar-refractivity contribution in [3.05, 3.63) is 148 Å². The van der Waals surface area contributed by atoms with Gasteiger partial charge in [0.1, 0.15) is 5.04 Å². The Morgan fingerprint density at radius 2 is 1.33 bits per heavy atom. The highest BCUT2D eigenvalue weighted by atomic mass is 32.2. The molecule has 0 amide bonds. The number of thioether (sulfide) groups is 1. The van der Waals surface area contributed by atoms with Crippen LogP contribution in [0.5, 0.6) is 0 Å². The lowest BCUT2D eigenvalue weighted by Gasteiger charge is -2.43. The summed E-state index contributed by atoms with van der Waals surface area (Å²) < 4.78 is 0. The van der Waals surface area contributed by atoms with Crippen molar-refractivity contribution < 1.29 is 4.92 Å². The molecule has 2 aliphatic rings. The van der Waals surface area contributed by atoms with Crippen LogP contribution >= 0.6 is 11.8 Å². The van der Waals surface area contributed by atoms with Crippen LogP contribution in [-0.4, -0.2) is 20.7 Å². The molecule has 0 unspecified atom stereocenters. The zero-order chi connectivity index (χ0) is 26.8. The highest BCUT2D eigenvalue weighted by Crippen LogP contribution is 2.49. The third-order valence-electron chi connectivity index (χ3n) is 6.70. The zero-order valence-corrected chi connectivity index (χ0v) is 22.0. The quantitative estimate of drug-likeness (QED) is 0.194. The molecule has 0 N–H and O–H groups in total. The minimum atomic E-state index is -0.841. The second kappa shape index (κ2) is 10.2. The molecule has 0 saturated carbocycles. The van der Waals surface area contributed by atoms with Crippen molar-refractivity contribution in [3.63, 3.8) is 0 Å². The van der Waals surface area contributed by atoms with Crippen LogP contribution in [0.1, 0.15) is 23.6 Å². The first-order valence-corrected chi connectivity index (χ1v) is 13.5. The first-order valence-electron chi connectivity index (χ1n) is 12.7. The maximum atomic E-state index is 11.2. The van der Waals surface area contributed by atoms with Gasteiger partial charge in [-0.15, -0.1) is 0 Å². The fraction of sp³-hybridized carbons (Fsp3) is 0.0968. The van der Waals surface area contributed by atoms with Crippen molar-refractivity contribution in [1.29, 1.82) is 0 Å². The molecular weight excluding hydrogens is 506 g/mol. The Morgan fingerprint density at radius 1 is 0.769 bits per heavy atom. The maximum Gasteiger partial charge on any atom is 0.269 e. The van der Waals surface area contributed by atoms with Gasteiger partial charge < -0.3 is 0 Å². The molecule has 0 bridgehead atoms. The van der Waals surface area contributed by atoms with E-state index in [1.165, 1.54) is 17.7 Å². The molecule has 0 fully saturated rings. The second-order valence-corrected chi connectivity index (χ2v) is 10.3. The van der Waals surface area contributed by atoms with Crippen molar-refractivity contribution >= 4 is 39.6 Å². The van der Waals surface area contributed by atoms with Gasteiger partial charge in [0.25, 0.3) is 5.69 Å². The van der Waals surface area contributed by atoms with Crippen molar-refractivity contribution in [2.45, 2.75) is 18.3 Å². The predicted molar refractivity (Wildman–Crippen MR) is 159 cm³/mol. The minimum absolute atomic E-state index is 0.0452.